The molecule has 1 atom stereocenters. The Kier molecular flexibility index (Phi) is 2.52. The van der Waals surface area contributed by atoms with Crippen molar-refractivity contribution in [3.63, 3.8) is 0 Å². The maximum absolute atomic E-state index is 9.28. The number of hydrogen-bond acceptors (Lipinski definition) is 1. The molecule has 1 rings (SSSR count). The molecule has 0 saturated carbocycles. The second kappa shape index (κ2) is 3.01. The molecular formula is C7H11IO. The van der Waals surface area contributed by atoms with Crippen molar-refractivity contribution in [3.05, 3.63) is 9.15 Å². The Labute approximate surface area is 69.3 Å². The molecule has 0 aromatic heterocycles. The molecule has 1 aliphatic rings. The molecular weight excluding hydrogens is 227 g/mol. The highest BCUT2D eigenvalue weighted by Crippen LogP contribution is 2.28. The van der Waals surface area contributed by atoms with Gasteiger partial charge in [0.1, 0.15) is 0 Å². The van der Waals surface area contributed by atoms with Gasteiger partial charge in [-0.1, -0.05) is 5.57 Å². The summed E-state index contributed by atoms with van der Waals surface area (Å²) in [6.07, 6.45) is 3.13. The summed E-state index contributed by atoms with van der Waals surface area (Å²) in [6.45, 7) is 2.10. The Balaban J connectivity index is 2.72. The smallest absolute Gasteiger partial charge is 0.0846 e. The molecule has 0 aromatic carbocycles. The molecule has 0 aliphatic heterocycles. The quantitative estimate of drug-likeness (QED) is 0.641. The summed E-state index contributed by atoms with van der Waals surface area (Å²) in [6, 6.07) is 0. The van der Waals surface area contributed by atoms with Gasteiger partial charge in [0.2, 0.25) is 0 Å². The maximum atomic E-state index is 9.28. The van der Waals surface area contributed by atoms with Crippen LogP contribution in [-0.4, -0.2) is 11.2 Å². The highest BCUT2D eigenvalue weighted by molar-refractivity contribution is 14.1. The summed E-state index contributed by atoms with van der Waals surface area (Å²) in [5, 5.41) is 9.28. The number of hydrogen-bond donors (Lipinski definition) is 1. The number of halogens is 1. The lowest BCUT2D eigenvalue weighted by Gasteiger charge is -2.18. The van der Waals surface area contributed by atoms with Crippen LogP contribution in [-0.2, 0) is 0 Å². The van der Waals surface area contributed by atoms with Gasteiger partial charge in [-0.2, -0.15) is 0 Å². The molecule has 1 aliphatic carbocycles. The molecule has 0 radical (unpaired) electrons. The summed E-state index contributed by atoms with van der Waals surface area (Å²) in [7, 11) is 0. The van der Waals surface area contributed by atoms with Crippen LogP contribution in [0.5, 0.6) is 0 Å². The van der Waals surface area contributed by atoms with Crippen molar-refractivity contribution >= 4 is 22.6 Å². The Bertz CT molecular complexity index is 140. The monoisotopic (exact) mass is 238 g/mol. The van der Waals surface area contributed by atoms with E-state index in [0.29, 0.717) is 0 Å². The van der Waals surface area contributed by atoms with Gasteiger partial charge in [-0.05, 0) is 48.8 Å². The van der Waals surface area contributed by atoms with Crippen LogP contribution in [0.15, 0.2) is 9.15 Å². The van der Waals surface area contributed by atoms with Gasteiger partial charge >= 0.3 is 0 Å². The third kappa shape index (κ3) is 1.67. The highest BCUT2D eigenvalue weighted by atomic mass is 127. The lowest BCUT2D eigenvalue weighted by Crippen LogP contribution is -2.11. The number of aliphatic hydroxyl groups excluding tert-OH is 1. The van der Waals surface area contributed by atoms with Crippen molar-refractivity contribution in [1.82, 2.24) is 0 Å². The molecule has 0 heterocycles. The normalized spacial score (nSPS) is 29.0. The fourth-order valence-electron chi connectivity index (χ4n) is 1.09. The lowest BCUT2D eigenvalue weighted by molar-refractivity contribution is 0.200. The van der Waals surface area contributed by atoms with Crippen molar-refractivity contribution in [2.75, 3.05) is 0 Å². The van der Waals surface area contributed by atoms with Crippen molar-refractivity contribution in [2.24, 2.45) is 0 Å². The van der Waals surface area contributed by atoms with Gasteiger partial charge in [-0.15, -0.1) is 0 Å². The average Bonchev–Trinajstić information content (AvgIpc) is 1.83. The third-order valence-corrected chi connectivity index (χ3v) is 3.37. The maximum Gasteiger partial charge on any atom is 0.0846 e. The fraction of sp³-hybridized carbons (Fsp3) is 0.714. The van der Waals surface area contributed by atoms with E-state index in [9.17, 15) is 5.11 Å². The molecule has 0 amide bonds. The van der Waals surface area contributed by atoms with Crippen molar-refractivity contribution in [2.45, 2.75) is 32.3 Å². The van der Waals surface area contributed by atoms with E-state index in [1.165, 1.54) is 15.6 Å². The van der Waals surface area contributed by atoms with Crippen molar-refractivity contribution in [1.29, 1.82) is 0 Å². The molecule has 1 N–H and O–H groups in total. The molecule has 0 fully saturated rings. The molecule has 0 saturated heterocycles. The number of allylic oxidation sites excluding steroid dienone is 1. The zero-order valence-corrected chi connectivity index (χ0v) is 7.68. The highest BCUT2D eigenvalue weighted by Gasteiger charge is 2.15. The van der Waals surface area contributed by atoms with Crippen LogP contribution in [0.1, 0.15) is 26.2 Å². The lowest BCUT2D eigenvalue weighted by atomic mass is 9.99. The second-order valence-corrected chi connectivity index (χ2v) is 3.70. The van der Waals surface area contributed by atoms with E-state index in [1.54, 1.807) is 0 Å². The summed E-state index contributed by atoms with van der Waals surface area (Å²) in [5.74, 6) is 0. The molecule has 0 aromatic rings. The predicted molar refractivity (Wildman–Crippen MR) is 46.6 cm³/mol. The molecule has 52 valence electrons. The van der Waals surface area contributed by atoms with Gasteiger partial charge in [0.25, 0.3) is 0 Å². The molecule has 0 spiro atoms. The minimum Gasteiger partial charge on any atom is -0.388 e. The average molecular weight is 238 g/mol. The molecule has 1 nitrogen and oxygen atoms in total. The van der Waals surface area contributed by atoms with E-state index < -0.39 is 0 Å². The summed E-state index contributed by atoms with van der Waals surface area (Å²) >= 11 is 2.24. The van der Waals surface area contributed by atoms with Gasteiger partial charge in [0.15, 0.2) is 0 Å². The SMILES string of the molecule is CC1=C(I)[C@H](O)CCC1. The van der Waals surface area contributed by atoms with Crippen LogP contribution in [0.3, 0.4) is 0 Å². The predicted octanol–water partition coefficient (Wildman–Crippen LogP) is 2.24. The Hall–Kier alpha value is 0.430. The van der Waals surface area contributed by atoms with Gasteiger partial charge in [0, 0.05) is 3.58 Å². The van der Waals surface area contributed by atoms with Crippen LogP contribution in [0.25, 0.3) is 0 Å². The Morgan fingerprint density at radius 3 is 2.78 bits per heavy atom. The minimum absolute atomic E-state index is 0.153. The van der Waals surface area contributed by atoms with Crippen molar-refractivity contribution in [3.8, 4) is 0 Å². The summed E-state index contributed by atoms with van der Waals surface area (Å²) in [5.41, 5.74) is 1.37. The zero-order valence-electron chi connectivity index (χ0n) is 5.52. The third-order valence-electron chi connectivity index (χ3n) is 1.73. The molecule has 0 bridgehead atoms. The fourth-order valence-corrected chi connectivity index (χ4v) is 1.67. The zero-order chi connectivity index (χ0) is 6.85. The van der Waals surface area contributed by atoms with Gasteiger partial charge in [-0.25, -0.2) is 0 Å². The van der Waals surface area contributed by atoms with Crippen LogP contribution in [0, 0.1) is 0 Å². The second-order valence-electron chi connectivity index (χ2n) is 2.54. The van der Waals surface area contributed by atoms with Crippen LogP contribution >= 0.6 is 22.6 Å². The molecule has 2 heteroatoms. The van der Waals surface area contributed by atoms with E-state index in [1.807, 2.05) is 0 Å². The van der Waals surface area contributed by atoms with Crippen LogP contribution < -0.4 is 0 Å². The van der Waals surface area contributed by atoms with E-state index in [2.05, 4.69) is 29.5 Å². The first-order chi connectivity index (χ1) is 4.22. The Morgan fingerprint density at radius 1 is 1.67 bits per heavy atom. The number of rotatable bonds is 0. The van der Waals surface area contributed by atoms with Gasteiger partial charge < -0.3 is 5.11 Å². The Morgan fingerprint density at radius 2 is 2.33 bits per heavy atom. The standard InChI is InChI=1S/C7H11IO/c1-5-3-2-4-6(9)7(5)8/h6,9H,2-4H2,1H3/t6-/m1/s1. The summed E-state index contributed by atoms with van der Waals surface area (Å²) in [4.78, 5) is 0. The van der Waals surface area contributed by atoms with E-state index in [4.69, 9.17) is 0 Å². The minimum atomic E-state index is -0.153. The van der Waals surface area contributed by atoms with Crippen molar-refractivity contribution < 1.29 is 5.11 Å². The van der Waals surface area contributed by atoms with Gasteiger partial charge in [0.05, 0.1) is 6.10 Å². The first-order valence-electron chi connectivity index (χ1n) is 3.25. The summed E-state index contributed by atoms with van der Waals surface area (Å²) < 4.78 is 1.17. The molecule has 9 heavy (non-hydrogen) atoms. The van der Waals surface area contributed by atoms with E-state index >= 15 is 0 Å². The number of aliphatic hydroxyl groups is 1. The van der Waals surface area contributed by atoms with Crippen LogP contribution in [0.2, 0.25) is 0 Å². The molecule has 0 unspecified atom stereocenters. The first kappa shape index (κ1) is 7.54. The van der Waals surface area contributed by atoms with E-state index in [0.717, 1.165) is 12.8 Å². The first-order valence-corrected chi connectivity index (χ1v) is 4.33. The van der Waals surface area contributed by atoms with E-state index in [-0.39, 0.29) is 6.10 Å². The topological polar surface area (TPSA) is 20.2 Å². The van der Waals surface area contributed by atoms with Gasteiger partial charge in [-0.3, -0.25) is 0 Å². The van der Waals surface area contributed by atoms with Crippen LogP contribution in [0.4, 0.5) is 0 Å². The largest absolute Gasteiger partial charge is 0.388 e.